The molecular formula is C16H18ClN3O2. The lowest BCUT2D eigenvalue weighted by Gasteiger charge is -2.11. The summed E-state index contributed by atoms with van der Waals surface area (Å²) in [6.45, 7) is 0.924. The van der Waals surface area contributed by atoms with E-state index in [2.05, 4.69) is 10.6 Å². The van der Waals surface area contributed by atoms with Crippen molar-refractivity contribution < 1.29 is 9.53 Å². The molecule has 0 heterocycles. The molecule has 0 radical (unpaired) electrons. The minimum absolute atomic E-state index is 0.182. The number of halogens is 1. The first-order chi connectivity index (χ1) is 10.6. The topological polar surface area (TPSA) is 76.4 Å². The fraction of sp³-hybridized carbons (Fsp3) is 0.188. The average molecular weight is 320 g/mol. The Labute approximate surface area is 134 Å². The summed E-state index contributed by atoms with van der Waals surface area (Å²) in [5.74, 6) is -0.182. The van der Waals surface area contributed by atoms with Gasteiger partial charge in [0.25, 0.3) is 5.91 Å². The number of hydrogen-bond donors (Lipinski definition) is 3. The van der Waals surface area contributed by atoms with Crippen LogP contribution in [0.15, 0.2) is 42.5 Å². The van der Waals surface area contributed by atoms with Gasteiger partial charge in [-0.2, -0.15) is 0 Å². The second-order valence-corrected chi connectivity index (χ2v) is 5.12. The summed E-state index contributed by atoms with van der Waals surface area (Å²) in [6, 6.07) is 12.4. The minimum atomic E-state index is -0.182. The van der Waals surface area contributed by atoms with Crippen LogP contribution in [0, 0.1) is 0 Å². The first-order valence-corrected chi connectivity index (χ1v) is 7.17. The van der Waals surface area contributed by atoms with Crippen molar-refractivity contribution in [1.29, 1.82) is 0 Å². The molecule has 4 N–H and O–H groups in total. The first-order valence-electron chi connectivity index (χ1n) is 6.79. The van der Waals surface area contributed by atoms with E-state index in [1.807, 2.05) is 12.1 Å². The third-order valence-corrected chi connectivity index (χ3v) is 3.24. The number of anilines is 3. The van der Waals surface area contributed by atoms with Crippen molar-refractivity contribution in [2.75, 3.05) is 31.3 Å². The molecule has 6 heteroatoms. The lowest BCUT2D eigenvalue weighted by molar-refractivity contribution is 0.0937. The van der Waals surface area contributed by atoms with E-state index in [-0.39, 0.29) is 5.91 Å². The smallest absolute Gasteiger partial charge is 0.251 e. The van der Waals surface area contributed by atoms with Crippen LogP contribution >= 0.6 is 11.6 Å². The van der Waals surface area contributed by atoms with Crippen LogP contribution in [0.4, 0.5) is 17.1 Å². The zero-order chi connectivity index (χ0) is 15.9. The fourth-order valence-electron chi connectivity index (χ4n) is 1.91. The Kier molecular flexibility index (Phi) is 5.63. The molecular weight excluding hydrogens is 302 g/mol. The average Bonchev–Trinajstić information content (AvgIpc) is 2.49. The second kappa shape index (κ2) is 7.68. The molecule has 5 nitrogen and oxygen atoms in total. The molecule has 116 valence electrons. The number of ether oxygens (including phenoxy) is 1. The Balaban J connectivity index is 2.07. The standard InChI is InChI=1S/C16H18ClN3O2/c1-22-8-7-19-16(21)11-5-6-15(14(18)9-11)20-13-4-2-3-12(17)10-13/h2-6,9-10,20H,7-8,18H2,1H3,(H,19,21). The van der Waals surface area contributed by atoms with Gasteiger partial charge in [0.1, 0.15) is 0 Å². The van der Waals surface area contributed by atoms with Gasteiger partial charge in [-0.05, 0) is 36.4 Å². The molecule has 0 unspecified atom stereocenters. The molecule has 0 aliphatic rings. The van der Waals surface area contributed by atoms with Crippen molar-refractivity contribution in [3.63, 3.8) is 0 Å². The Morgan fingerprint density at radius 2 is 2.09 bits per heavy atom. The second-order valence-electron chi connectivity index (χ2n) is 4.69. The molecule has 2 aromatic rings. The van der Waals surface area contributed by atoms with Gasteiger partial charge < -0.3 is 21.1 Å². The predicted octanol–water partition coefficient (Wildman–Crippen LogP) is 3.04. The Morgan fingerprint density at radius 3 is 2.77 bits per heavy atom. The van der Waals surface area contributed by atoms with Gasteiger partial charge in [0, 0.05) is 29.9 Å². The van der Waals surface area contributed by atoms with Crippen molar-refractivity contribution in [3.8, 4) is 0 Å². The quantitative estimate of drug-likeness (QED) is 0.565. The molecule has 0 saturated heterocycles. The van der Waals surface area contributed by atoms with E-state index in [4.69, 9.17) is 22.1 Å². The zero-order valence-corrected chi connectivity index (χ0v) is 13.0. The zero-order valence-electron chi connectivity index (χ0n) is 12.2. The van der Waals surface area contributed by atoms with E-state index >= 15 is 0 Å². The molecule has 0 aliphatic carbocycles. The number of amides is 1. The van der Waals surface area contributed by atoms with Gasteiger partial charge >= 0.3 is 0 Å². The molecule has 1 amide bonds. The number of methoxy groups -OCH3 is 1. The van der Waals surface area contributed by atoms with Crippen LogP contribution in [0.1, 0.15) is 10.4 Å². The Morgan fingerprint density at radius 1 is 1.27 bits per heavy atom. The summed E-state index contributed by atoms with van der Waals surface area (Å²) >= 11 is 5.94. The Hall–Kier alpha value is -2.24. The highest BCUT2D eigenvalue weighted by Crippen LogP contribution is 2.25. The maximum absolute atomic E-state index is 11.9. The molecule has 0 aliphatic heterocycles. The lowest BCUT2D eigenvalue weighted by atomic mass is 10.1. The predicted molar refractivity (Wildman–Crippen MR) is 89.8 cm³/mol. The fourth-order valence-corrected chi connectivity index (χ4v) is 2.10. The van der Waals surface area contributed by atoms with Crippen LogP contribution in [0.3, 0.4) is 0 Å². The van der Waals surface area contributed by atoms with E-state index in [0.29, 0.717) is 29.4 Å². The molecule has 0 aromatic heterocycles. The highest BCUT2D eigenvalue weighted by molar-refractivity contribution is 6.30. The first kappa shape index (κ1) is 16.1. The number of nitrogen functional groups attached to an aromatic ring is 1. The third kappa shape index (κ3) is 4.38. The summed E-state index contributed by atoms with van der Waals surface area (Å²) in [4.78, 5) is 11.9. The molecule has 0 saturated carbocycles. The molecule has 2 aromatic carbocycles. The third-order valence-electron chi connectivity index (χ3n) is 3.01. The summed E-state index contributed by atoms with van der Waals surface area (Å²) in [5.41, 5.74) is 8.54. The lowest BCUT2D eigenvalue weighted by Crippen LogP contribution is -2.27. The van der Waals surface area contributed by atoms with Crippen molar-refractivity contribution in [1.82, 2.24) is 5.32 Å². The van der Waals surface area contributed by atoms with Gasteiger partial charge in [-0.3, -0.25) is 4.79 Å². The van der Waals surface area contributed by atoms with E-state index in [1.54, 1.807) is 37.4 Å². The number of carbonyl (C=O) groups excluding carboxylic acids is 1. The van der Waals surface area contributed by atoms with Gasteiger partial charge in [0.2, 0.25) is 0 Å². The Bertz CT molecular complexity index is 662. The van der Waals surface area contributed by atoms with Crippen molar-refractivity contribution in [3.05, 3.63) is 53.1 Å². The van der Waals surface area contributed by atoms with Crippen LogP contribution in [0.2, 0.25) is 5.02 Å². The summed E-state index contributed by atoms with van der Waals surface area (Å²) in [5, 5.41) is 6.55. The van der Waals surface area contributed by atoms with Gasteiger partial charge in [0.15, 0.2) is 0 Å². The van der Waals surface area contributed by atoms with Crippen LogP contribution in [-0.2, 0) is 4.74 Å². The monoisotopic (exact) mass is 319 g/mol. The van der Waals surface area contributed by atoms with Crippen LogP contribution in [-0.4, -0.2) is 26.2 Å². The maximum atomic E-state index is 11.9. The van der Waals surface area contributed by atoms with Gasteiger partial charge in [0.05, 0.1) is 18.0 Å². The van der Waals surface area contributed by atoms with E-state index in [1.165, 1.54) is 0 Å². The number of benzene rings is 2. The van der Waals surface area contributed by atoms with Gasteiger partial charge in [-0.1, -0.05) is 17.7 Å². The maximum Gasteiger partial charge on any atom is 0.251 e. The van der Waals surface area contributed by atoms with Gasteiger partial charge in [-0.15, -0.1) is 0 Å². The number of hydrogen-bond acceptors (Lipinski definition) is 4. The van der Waals surface area contributed by atoms with Crippen LogP contribution in [0.5, 0.6) is 0 Å². The molecule has 0 fully saturated rings. The summed E-state index contributed by atoms with van der Waals surface area (Å²) < 4.78 is 4.89. The number of carbonyl (C=O) groups is 1. The summed E-state index contributed by atoms with van der Waals surface area (Å²) in [7, 11) is 1.58. The summed E-state index contributed by atoms with van der Waals surface area (Å²) in [6.07, 6.45) is 0. The molecule has 2 rings (SSSR count). The van der Waals surface area contributed by atoms with Crippen molar-refractivity contribution >= 4 is 34.6 Å². The normalized spacial score (nSPS) is 10.3. The van der Waals surface area contributed by atoms with Crippen LogP contribution in [0.25, 0.3) is 0 Å². The molecule has 0 bridgehead atoms. The highest BCUT2D eigenvalue weighted by atomic mass is 35.5. The molecule has 0 spiro atoms. The van der Waals surface area contributed by atoms with E-state index in [0.717, 1.165) is 11.4 Å². The highest BCUT2D eigenvalue weighted by Gasteiger charge is 2.08. The van der Waals surface area contributed by atoms with Crippen molar-refractivity contribution in [2.45, 2.75) is 0 Å². The van der Waals surface area contributed by atoms with Gasteiger partial charge in [-0.25, -0.2) is 0 Å². The SMILES string of the molecule is COCCNC(=O)c1ccc(Nc2cccc(Cl)c2)c(N)c1. The number of nitrogens with two attached hydrogens (primary N) is 1. The molecule has 0 atom stereocenters. The molecule has 22 heavy (non-hydrogen) atoms. The van der Waals surface area contributed by atoms with Crippen molar-refractivity contribution in [2.24, 2.45) is 0 Å². The largest absolute Gasteiger partial charge is 0.397 e. The number of rotatable bonds is 6. The van der Waals surface area contributed by atoms with Crippen LogP contribution < -0.4 is 16.4 Å². The number of nitrogens with one attached hydrogen (secondary N) is 2. The van der Waals surface area contributed by atoms with E-state index < -0.39 is 0 Å². The minimum Gasteiger partial charge on any atom is -0.397 e. The van der Waals surface area contributed by atoms with E-state index in [9.17, 15) is 4.79 Å².